The Labute approximate surface area is 144 Å². The highest BCUT2D eigenvalue weighted by Crippen LogP contribution is 2.24. The molecule has 134 valence electrons. The van der Waals surface area contributed by atoms with Gasteiger partial charge in [-0.1, -0.05) is 0 Å². The fraction of sp³-hybridized carbons (Fsp3) is 0.444. The standard InChI is InChI=1S/C18H21FN2O4/c1-11-8-12(19)9-15-14(11)10-16(20-15)18(24)21(5-2-17(22)23)13-3-6-25-7-4-13/h8-10,13,20H,2-7H2,1H3,(H,22,23). The maximum absolute atomic E-state index is 13.6. The number of fused-ring (bicyclic) bond motifs is 1. The molecule has 0 unspecified atom stereocenters. The van der Waals surface area contributed by atoms with E-state index in [2.05, 4.69) is 4.98 Å². The molecule has 0 saturated carbocycles. The van der Waals surface area contributed by atoms with Crippen LogP contribution in [0.2, 0.25) is 0 Å². The van der Waals surface area contributed by atoms with Crippen molar-refractivity contribution in [1.82, 2.24) is 9.88 Å². The number of H-pyrrole nitrogens is 1. The highest BCUT2D eigenvalue weighted by atomic mass is 19.1. The Morgan fingerprint density at radius 2 is 2.04 bits per heavy atom. The number of hydrogen-bond acceptors (Lipinski definition) is 3. The van der Waals surface area contributed by atoms with Crippen LogP contribution in [0, 0.1) is 12.7 Å². The number of rotatable bonds is 5. The van der Waals surface area contributed by atoms with Crippen LogP contribution in [0.1, 0.15) is 35.3 Å². The van der Waals surface area contributed by atoms with E-state index in [0.717, 1.165) is 10.9 Å². The van der Waals surface area contributed by atoms with Gasteiger partial charge in [-0.25, -0.2) is 4.39 Å². The Morgan fingerprint density at radius 1 is 1.32 bits per heavy atom. The third kappa shape index (κ3) is 3.82. The number of nitrogens with zero attached hydrogens (tertiary/aromatic N) is 1. The first kappa shape index (κ1) is 17.4. The quantitative estimate of drug-likeness (QED) is 0.870. The van der Waals surface area contributed by atoms with Crippen LogP contribution < -0.4 is 0 Å². The van der Waals surface area contributed by atoms with Gasteiger partial charge in [0.1, 0.15) is 11.5 Å². The number of aryl methyl sites for hydroxylation is 1. The van der Waals surface area contributed by atoms with Crippen molar-refractivity contribution in [3.05, 3.63) is 35.3 Å². The van der Waals surface area contributed by atoms with Gasteiger partial charge in [0.15, 0.2) is 0 Å². The first-order chi connectivity index (χ1) is 12.0. The van der Waals surface area contributed by atoms with E-state index in [4.69, 9.17) is 9.84 Å². The Hall–Kier alpha value is -2.41. The first-order valence-electron chi connectivity index (χ1n) is 8.35. The van der Waals surface area contributed by atoms with Crippen LogP contribution in [0.4, 0.5) is 4.39 Å². The van der Waals surface area contributed by atoms with Crippen LogP contribution in [-0.2, 0) is 9.53 Å². The number of carboxylic acids is 1. The van der Waals surface area contributed by atoms with Gasteiger partial charge in [-0.15, -0.1) is 0 Å². The predicted molar refractivity (Wildman–Crippen MR) is 90.1 cm³/mol. The van der Waals surface area contributed by atoms with Crippen molar-refractivity contribution in [3.8, 4) is 0 Å². The summed E-state index contributed by atoms with van der Waals surface area (Å²) in [7, 11) is 0. The van der Waals surface area contributed by atoms with Gasteiger partial charge in [0.25, 0.3) is 5.91 Å². The van der Waals surface area contributed by atoms with Crippen molar-refractivity contribution in [2.75, 3.05) is 19.8 Å². The molecular formula is C18H21FN2O4. The van der Waals surface area contributed by atoms with E-state index in [1.807, 2.05) is 0 Å². The highest BCUT2D eigenvalue weighted by Gasteiger charge is 2.28. The van der Waals surface area contributed by atoms with E-state index >= 15 is 0 Å². The fourth-order valence-corrected chi connectivity index (χ4v) is 3.31. The minimum atomic E-state index is -0.945. The van der Waals surface area contributed by atoms with Crippen molar-refractivity contribution in [2.45, 2.75) is 32.2 Å². The van der Waals surface area contributed by atoms with Gasteiger partial charge in [0.2, 0.25) is 0 Å². The molecule has 25 heavy (non-hydrogen) atoms. The number of carbonyl (C=O) groups excluding carboxylic acids is 1. The Morgan fingerprint density at radius 3 is 2.72 bits per heavy atom. The molecule has 1 fully saturated rings. The lowest BCUT2D eigenvalue weighted by Gasteiger charge is -2.33. The molecule has 1 aliphatic rings. The maximum Gasteiger partial charge on any atom is 0.305 e. The van der Waals surface area contributed by atoms with E-state index in [1.54, 1.807) is 17.9 Å². The number of nitrogens with one attached hydrogen (secondary N) is 1. The lowest BCUT2D eigenvalue weighted by Crippen LogP contribution is -2.44. The number of amides is 1. The minimum Gasteiger partial charge on any atom is -0.481 e. The molecular weight excluding hydrogens is 327 g/mol. The number of benzene rings is 1. The second kappa shape index (κ2) is 7.23. The normalized spacial score (nSPS) is 15.4. The molecule has 7 heteroatoms. The van der Waals surface area contributed by atoms with Crippen LogP contribution in [0.25, 0.3) is 10.9 Å². The molecule has 0 aliphatic carbocycles. The molecule has 0 radical (unpaired) electrons. The average molecular weight is 348 g/mol. The van der Waals surface area contributed by atoms with Gasteiger partial charge in [-0.05, 0) is 43.5 Å². The zero-order valence-electron chi connectivity index (χ0n) is 14.0. The van der Waals surface area contributed by atoms with Crippen molar-refractivity contribution < 1.29 is 23.8 Å². The highest BCUT2D eigenvalue weighted by molar-refractivity contribution is 5.99. The Bertz CT molecular complexity index is 796. The summed E-state index contributed by atoms with van der Waals surface area (Å²) < 4.78 is 18.9. The second-order valence-corrected chi connectivity index (χ2v) is 6.35. The van der Waals surface area contributed by atoms with Crippen LogP contribution in [-0.4, -0.2) is 52.7 Å². The number of carbonyl (C=O) groups is 2. The summed E-state index contributed by atoms with van der Waals surface area (Å²) >= 11 is 0. The van der Waals surface area contributed by atoms with Crippen LogP contribution in [0.5, 0.6) is 0 Å². The molecule has 2 heterocycles. The fourth-order valence-electron chi connectivity index (χ4n) is 3.31. The Balaban J connectivity index is 1.90. The largest absolute Gasteiger partial charge is 0.481 e. The number of halogens is 1. The lowest BCUT2D eigenvalue weighted by atomic mass is 10.1. The van der Waals surface area contributed by atoms with Gasteiger partial charge in [0, 0.05) is 36.7 Å². The third-order valence-electron chi connectivity index (χ3n) is 4.60. The first-order valence-corrected chi connectivity index (χ1v) is 8.35. The van der Waals surface area contributed by atoms with Crippen molar-refractivity contribution in [1.29, 1.82) is 0 Å². The van der Waals surface area contributed by atoms with E-state index in [9.17, 15) is 14.0 Å². The molecule has 3 rings (SSSR count). The molecule has 1 aromatic carbocycles. The molecule has 1 aromatic heterocycles. The number of ether oxygens (including phenoxy) is 1. The monoisotopic (exact) mass is 348 g/mol. The molecule has 2 N–H and O–H groups in total. The van der Waals surface area contributed by atoms with E-state index in [-0.39, 0.29) is 30.7 Å². The smallest absolute Gasteiger partial charge is 0.305 e. The number of hydrogen-bond donors (Lipinski definition) is 2. The minimum absolute atomic E-state index is 0.0511. The van der Waals surface area contributed by atoms with Gasteiger partial charge < -0.3 is 19.7 Å². The van der Waals surface area contributed by atoms with Gasteiger partial charge >= 0.3 is 5.97 Å². The van der Waals surface area contributed by atoms with Crippen LogP contribution in [0.15, 0.2) is 18.2 Å². The number of aromatic nitrogens is 1. The van der Waals surface area contributed by atoms with Gasteiger partial charge in [0.05, 0.1) is 6.42 Å². The number of aromatic amines is 1. The van der Waals surface area contributed by atoms with E-state index < -0.39 is 5.97 Å². The van der Waals surface area contributed by atoms with Crippen molar-refractivity contribution in [3.63, 3.8) is 0 Å². The third-order valence-corrected chi connectivity index (χ3v) is 4.60. The Kier molecular flexibility index (Phi) is 5.03. The summed E-state index contributed by atoms with van der Waals surface area (Å²) in [5, 5.41) is 9.77. The summed E-state index contributed by atoms with van der Waals surface area (Å²) in [6, 6.07) is 4.43. The topological polar surface area (TPSA) is 82.6 Å². The molecule has 0 spiro atoms. The van der Waals surface area contributed by atoms with Gasteiger partial charge in [-0.2, -0.15) is 0 Å². The van der Waals surface area contributed by atoms with Crippen molar-refractivity contribution >= 4 is 22.8 Å². The van der Waals surface area contributed by atoms with Crippen molar-refractivity contribution in [2.24, 2.45) is 0 Å². The summed E-state index contributed by atoms with van der Waals surface area (Å²) in [6.07, 6.45) is 1.25. The molecule has 6 nitrogen and oxygen atoms in total. The number of carboxylic acid groups (broad SMARTS) is 1. The van der Waals surface area contributed by atoms with Crippen LogP contribution in [0.3, 0.4) is 0 Å². The molecule has 0 atom stereocenters. The average Bonchev–Trinajstić information content (AvgIpc) is 3.00. The molecule has 1 aliphatic heterocycles. The summed E-state index contributed by atoms with van der Waals surface area (Å²) in [5.41, 5.74) is 1.65. The summed E-state index contributed by atoms with van der Waals surface area (Å²) in [5.74, 6) is -1.57. The maximum atomic E-state index is 13.6. The van der Waals surface area contributed by atoms with E-state index in [1.165, 1.54) is 12.1 Å². The molecule has 1 saturated heterocycles. The molecule has 0 bridgehead atoms. The number of aliphatic carboxylic acids is 1. The zero-order chi connectivity index (χ0) is 18.0. The van der Waals surface area contributed by atoms with Crippen LogP contribution >= 0.6 is 0 Å². The summed E-state index contributed by atoms with van der Waals surface area (Å²) in [4.78, 5) is 28.5. The zero-order valence-corrected chi connectivity index (χ0v) is 14.0. The molecule has 2 aromatic rings. The van der Waals surface area contributed by atoms with Gasteiger partial charge in [-0.3, -0.25) is 9.59 Å². The van der Waals surface area contributed by atoms with E-state index in [0.29, 0.717) is 37.3 Å². The second-order valence-electron chi connectivity index (χ2n) is 6.35. The lowest BCUT2D eigenvalue weighted by molar-refractivity contribution is -0.137. The molecule has 1 amide bonds. The summed E-state index contributed by atoms with van der Waals surface area (Å²) in [6.45, 7) is 3.03. The predicted octanol–water partition coefficient (Wildman–Crippen LogP) is 2.71. The SMILES string of the molecule is Cc1cc(F)cc2[nH]c(C(=O)N(CCC(=O)O)C3CCOCC3)cc12.